The van der Waals surface area contributed by atoms with E-state index in [1.165, 1.54) is 0 Å². The molecular formula is C17H21N3O2S. The first-order valence-electron chi connectivity index (χ1n) is 7.98. The van der Waals surface area contributed by atoms with Gasteiger partial charge in [-0.05, 0) is 12.8 Å². The lowest BCUT2D eigenvalue weighted by Crippen LogP contribution is -2.35. The fourth-order valence-corrected chi connectivity index (χ4v) is 4.53. The SMILES string of the molecule is CCCS(=O)(=O)N1CCc2ncnc(-c3ccccc3)c2CC1. The van der Waals surface area contributed by atoms with Crippen molar-refractivity contribution in [2.24, 2.45) is 0 Å². The molecule has 1 aliphatic rings. The third-order valence-corrected chi connectivity index (χ3v) is 6.22. The molecule has 0 saturated heterocycles. The maximum absolute atomic E-state index is 12.3. The molecule has 23 heavy (non-hydrogen) atoms. The molecule has 1 aliphatic heterocycles. The number of hydrogen-bond acceptors (Lipinski definition) is 4. The average Bonchev–Trinajstić information content (AvgIpc) is 2.78. The molecule has 1 aromatic carbocycles. The molecule has 0 radical (unpaired) electrons. The molecule has 0 fully saturated rings. The molecule has 5 nitrogen and oxygen atoms in total. The first kappa shape index (κ1) is 16.1. The van der Waals surface area contributed by atoms with Gasteiger partial charge in [-0.1, -0.05) is 37.3 Å². The second kappa shape index (κ2) is 6.76. The zero-order valence-electron chi connectivity index (χ0n) is 13.3. The first-order chi connectivity index (χ1) is 11.1. The summed E-state index contributed by atoms with van der Waals surface area (Å²) in [5, 5.41) is 0. The van der Waals surface area contributed by atoms with E-state index in [0.717, 1.165) is 22.5 Å². The molecule has 0 spiro atoms. The van der Waals surface area contributed by atoms with Crippen LogP contribution in [0.25, 0.3) is 11.3 Å². The van der Waals surface area contributed by atoms with Gasteiger partial charge in [-0.3, -0.25) is 0 Å². The number of fused-ring (bicyclic) bond motifs is 1. The minimum atomic E-state index is -3.17. The van der Waals surface area contributed by atoms with Crippen molar-refractivity contribution in [3.63, 3.8) is 0 Å². The van der Waals surface area contributed by atoms with Gasteiger partial charge in [-0.15, -0.1) is 0 Å². The summed E-state index contributed by atoms with van der Waals surface area (Å²) in [7, 11) is -3.17. The number of benzene rings is 1. The van der Waals surface area contributed by atoms with E-state index >= 15 is 0 Å². The predicted molar refractivity (Wildman–Crippen MR) is 90.5 cm³/mol. The van der Waals surface area contributed by atoms with Crippen LogP contribution in [0.3, 0.4) is 0 Å². The van der Waals surface area contributed by atoms with Crippen LogP contribution in [0.15, 0.2) is 36.7 Å². The summed E-state index contributed by atoms with van der Waals surface area (Å²) in [4.78, 5) is 8.84. The molecule has 6 heteroatoms. The van der Waals surface area contributed by atoms with E-state index in [9.17, 15) is 8.42 Å². The van der Waals surface area contributed by atoms with Crippen molar-refractivity contribution in [3.05, 3.63) is 47.9 Å². The Morgan fingerprint density at radius 3 is 2.57 bits per heavy atom. The minimum Gasteiger partial charge on any atom is -0.241 e. The monoisotopic (exact) mass is 331 g/mol. The zero-order chi connectivity index (χ0) is 16.3. The number of nitrogens with zero attached hydrogens (tertiary/aromatic N) is 3. The molecule has 0 saturated carbocycles. The Bertz CT molecular complexity index is 776. The van der Waals surface area contributed by atoms with E-state index < -0.39 is 10.0 Å². The maximum atomic E-state index is 12.3. The standard InChI is InChI=1S/C17H21N3O2S/c1-2-12-23(21,22)20-10-8-15-16(9-11-20)18-13-19-17(15)14-6-4-3-5-7-14/h3-7,13H,2,8-12H2,1H3. The quantitative estimate of drug-likeness (QED) is 0.862. The van der Waals surface area contributed by atoms with Crippen LogP contribution in [0, 0.1) is 0 Å². The molecule has 0 N–H and O–H groups in total. The van der Waals surface area contributed by atoms with E-state index in [0.29, 0.717) is 32.4 Å². The Kier molecular flexibility index (Phi) is 4.73. The van der Waals surface area contributed by atoms with Crippen LogP contribution in [0.4, 0.5) is 0 Å². The van der Waals surface area contributed by atoms with Crippen LogP contribution in [-0.2, 0) is 22.9 Å². The number of rotatable bonds is 4. The molecule has 1 aromatic heterocycles. The lowest BCUT2D eigenvalue weighted by Gasteiger charge is -2.19. The smallest absolute Gasteiger partial charge is 0.214 e. The van der Waals surface area contributed by atoms with Gasteiger partial charge in [0.2, 0.25) is 10.0 Å². The maximum Gasteiger partial charge on any atom is 0.214 e. The largest absolute Gasteiger partial charge is 0.241 e. The van der Waals surface area contributed by atoms with Crippen LogP contribution in [0.5, 0.6) is 0 Å². The summed E-state index contributed by atoms with van der Waals surface area (Å²) < 4.78 is 26.3. The molecule has 0 aliphatic carbocycles. The lowest BCUT2D eigenvalue weighted by atomic mass is 10.0. The van der Waals surface area contributed by atoms with Gasteiger partial charge in [0.15, 0.2) is 0 Å². The van der Waals surface area contributed by atoms with Gasteiger partial charge in [0.25, 0.3) is 0 Å². The van der Waals surface area contributed by atoms with Gasteiger partial charge in [-0.2, -0.15) is 0 Å². The molecule has 0 unspecified atom stereocenters. The van der Waals surface area contributed by atoms with Crippen molar-refractivity contribution >= 4 is 10.0 Å². The molecule has 2 aromatic rings. The molecule has 0 atom stereocenters. The highest BCUT2D eigenvalue weighted by molar-refractivity contribution is 7.89. The van der Waals surface area contributed by atoms with Gasteiger partial charge in [0, 0.05) is 36.3 Å². The summed E-state index contributed by atoms with van der Waals surface area (Å²) in [5.41, 5.74) is 4.02. The van der Waals surface area contributed by atoms with Crippen LogP contribution in [0.2, 0.25) is 0 Å². The lowest BCUT2D eigenvalue weighted by molar-refractivity contribution is 0.425. The van der Waals surface area contributed by atoms with Gasteiger partial charge in [0.1, 0.15) is 6.33 Å². The first-order valence-corrected chi connectivity index (χ1v) is 9.58. The van der Waals surface area contributed by atoms with Crippen LogP contribution < -0.4 is 0 Å². The number of sulfonamides is 1. The van der Waals surface area contributed by atoms with Crippen molar-refractivity contribution in [1.82, 2.24) is 14.3 Å². The van der Waals surface area contributed by atoms with Crippen LogP contribution in [-0.4, -0.2) is 41.5 Å². The van der Waals surface area contributed by atoms with E-state index in [1.807, 2.05) is 37.3 Å². The van der Waals surface area contributed by atoms with E-state index in [-0.39, 0.29) is 5.75 Å². The summed E-state index contributed by atoms with van der Waals surface area (Å²) in [6, 6.07) is 10.00. The van der Waals surface area contributed by atoms with Crippen molar-refractivity contribution in [1.29, 1.82) is 0 Å². The highest BCUT2D eigenvalue weighted by atomic mass is 32.2. The van der Waals surface area contributed by atoms with E-state index in [1.54, 1.807) is 10.6 Å². The van der Waals surface area contributed by atoms with Gasteiger partial charge in [0.05, 0.1) is 11.4 Å². The molecule has 3 rings (SSSR count). The van der Waals surface area contributed by atoms with Gasteiger partial charge in [-0.25, -0.2) is 22.7 Å². The summed E-state index contributed by atoms with van der Waals surface area (Å²) in [5.74, 6) is 0.209. The second-order valence-corrected chi connectivity index (χ2v) is 7.82. The number of hydrogen-bond donors (Lipinski definition) is 0. The van der Waals surface area contributed by atoms with E-state index in [4.69, 9.17) is 0 Å². The molecule has 0 amide bonds. The van der Waals surface area contributed by atoms with Gasteiger partial charge >= 0.3 is 0 Å². The minimum absolute atomic E-state index is 0.209. The fraction of sp³-hybridized carbons (Fsp3) is 0.412. The van der Waals surface area contributed by atoms with Crippen LogP contribution >= 0.6 is 0 Å². The third kappa shape index (κ3) is 3.43. The normalized spacial score (nSPS) is 15.9. The zero-order valence-corrected chi connectivity index (χ0v) is 14.1. The Morgan fingerprint density at radius 1 is 1.09 bits per heavy atom. The summed E-state index contributed by atoms with van der Waals surface area (Å²) in [6.07, 6.45) is 3.52. The Labute approximate surface area is 137 Å². The molecule has 0 bridgehead atoms. The van der Waals surface area contributed by atoms with Crippen molar-refractivity contribution in [3.8, 4) is 11.3 Å². The van der Waals surface area contributed by atoms with Crippen molar-refractivity contribution in [2.45, 2.75) is 26.2 Å². The number of aromatic nitrogens is 2. The molecule has 2 heterocycles. The highest BCUT2D eigenvalue weighted by Gasteiger charge is 2.26. The summed E-state index contributed by atoms with van der Waals surface area (Å²) >= 11 is 0. The van der Waals surface area contributed by atoms with Crippen LogP contribution in [0.1, 0.15) is 24.6 Å². The van der Waals surface area contributed by atoms with Gasteiger partial charge < -0.3 is 0 Å². The summed E-state index contributed by atoms with van der Waals surface area (Å²) in [6.45, 7) is 2.90. The fourth-order valence-electron chi connectivity index (χ4n) is 3.02. The van der Waals surface area contributed by atoms with Crippen molar-refractivity contribution < 1.29 is 8.42 Å². The molecule has 122 valence electrons. The van der Waals surface area contributed by atoms with Crippen molar-refractivity contribution in [2.75, 3.05) is 18.8 Å². The Morgan fingerprint density at radius 2 is 1.83 bits per heavy atom. The predicted octanol–water partition coefficient (Wildman–Crippen LogP) is 2.28. The van der Waals surface area contributed by atoms with E-state index in [2.05, 4.69) is 9.97 Å². The third-order valence-electron chi connectivity index (χ3n) is 4.15. The highest BCUT2D eigenvalue weighted by Crippen LogP contribution is 2.26. The topological polar surface area (TPSA) is 63.2 Å². The average molecular weight is 331 g/mol. The second-order valence-electron chi connectivity index (χ2n) is 5.73. The Hall–Kier alpha value is -1.79. The molecular weight excluding hydrogens is 310 g/mol. The Balaban J connectivity index is 1.92.